The Morgan fingerprint density at radius 1 is 0.387 bits per heavy atom. The fourth-order valence-electron chi connectivity index (χ4n) is 13.0. The molecule has 0 atom stereocenters. The van der Waals surface area contributed by atoms with Crippen molar-refractivity contribution >= 4 is 154 Å². The third-order valence-electron chi connectivity index (χ3n) is 18.7. The van der Waals surface area contributed by atoms with E-state index in [1.165, 1.54) is 150 Å². The number of nitrogens with zero attached hydrogens (tertiary/aromatic N) is 6. The van der Waals surface area contributed by atoms with E-state index in [0.29, 0.717) is 19.5 Å². The summed E-state index contributed by atoms with van der Waals surface area (Å²) < 4.78 is 80.3. The number of unbranched alkanes of at least 4 members (excludes halogenated alkanes) is 25. The lowest BCUT2D eigenvalue weighted by Gasteiger charge is -2.08. The number of nitrogens with one attached hydrogen (secondary N) is 2. The Labute approximate surface area is 662 Å². The highest BCUT2D eigenvalue weighted by atomic mass is 32.2. The Morgan fingerprint density at radius 3 is 1.29 bits per heavy atom. The van der Waals surface area contributed by atoms with Gasteiger partial charge in [0.25, 0.3) is 0 Å². The van der Waals surface area contributed by atoms with Crippen LogP contribution in [0.1, 0.15) is 233 Å². The summed E-state index contributed by atoms with van der Waals surface area (Å²) in [5.74, 6) is 35.1. The minimum absolute atomic E-state index is 0.00773. The third kappa shape index (κ3) is 24.2. The molecule has 12 nitrogen and oxygen atoms in total. The average molecular weight is 1600 g/mol. The normalized spacial score (nSPS) is 11.4. The van der Waals surface area contributed by atoms with Crippen LogP contribution >= 0.6 is 91.5 Å². The van der Waals surface area contributed by atoms with Crippen LogP contribution in [0.3, 0.4) is 0 Å². The maximum atomic E-state index is 14.1. The monoisotopic (exact) mass is 1600 g/mol. The van der Waals surface area contributed by atoms with Crippen molar-refractivity contribution in [3.8, 4) is 134 Å². The molecule has 0 aliphatic heterocycles. The maximum Gasteiger partial charge on any atom is 0.211 e. The first kappa shape index (κ1) is 81.9. The number of sulfonamides is 2. The number of rotatable bonds is 44. The first-order chi connectivity index (χ1) is 51.8. The summed E-state index contributed by atoms with van der Waals surface area (Å²) in [5, 5.41) is 3.53. The van der Waals surface area contributed by atoms with E-state index in [9.17, 15) is 16.8 Å². The predicted octanol–water partition coefficient (Wildman–Crippen LogP) is 22.6. The third-order valence-corrected chi connectivity index (χ3v) is 29.6. The first-order valence-corrected chi connectivity index (χ1v) is 47.4. The molecule has 10 aromatic rings. The summed E-state index contributed by atoms with van der Waals surface area (Å²) in [6.07, 6.45) is 40.8. The molecule has 0 saturated carbocycles. The summed E-state index contributed by atoms with van der Waals surface area (Å²) >= 11 is 12.1. The largest absolute Gasteiger partial charge is 0.222 e. The number of fused-ring (bicyclic) bond motifs is 6. The standard InChI is InChI=1S/C84H94N8O4S10/c1-7-11-15-19-23-27-29-31-33-35-39-43-47-64-55-61(5)97-79(64)81-87-83-84(101-81)88-82(102-83)80-65(48-44-40-36-34-32-30-28-24-20-16-12-8-2)58-73(100-80)78-66(50-54-106(95,96)86-52-46-42-38-26-22-18-14-10-4)57-72(99-78)70-60-68-67(75-77(70)92-104-90-75)59-69(76-74(68)89-103-91-76)71-56-63(62(6)98-71)49-53-105(93,94)85-51-45-41-37-25-21-17-13-9-3/h2,55-60,85-86H,7,9-11,13-15,17-19,21-23,25-27,29,31,33,35,37-39,41-43,45-47,49-54H2,1,3-6H3. The molecule has 0 bridgehead atoms. The highest BCUT2D eigenvalue weighted by Gasteiger charge is 2.27. The van der Waals surface area contributed by atoms with Gasteiger partial charge in [0.15, 0.2) is 9.66 Å². The van der Waals surface area contributed by atoms with Gasteiger partial charge in [0, 0.05) is 69.8 Å². The van der Waals surface area contributed by atoms with Gasteiger partial charge in [0.2, 0.25) is 20.0 Å². The summed E-state index contributed by atoms with van der Waals surface area (Å²) in [5.41, 5.74) is 8.61. The van der Waals surface area contributed by atoms with E-state index in [-0.39, 0.29) is 17.9 Å². The quantitative estimate of drug-likeness (QED) is 0.0277. The van der Waals surface area contributed by atoms with Gasteiger partial charge in [-0.2, -0.15) is 17.5 Å². The summed E-state index contributed by atoms with van der Waals surface area (Å²) in [4.78, 5) is 20.4. The van der Waals surface area contributed by atoms with Crippen molar-refractivity contribution < 1.29 is 16.8 Å². The molecule has 0 aliphatic carbocycles. The van der Waals surface area contributed by atoms with Gasteiger partial charge in [-0.1, -0.05) is 210 Å². The van der Waals surface area contributed by atoms with Gasteiger partial charge in [-0.25, -0.2) is 36.2 Å². The molecule has 0 spiro atoms. The van der Waals surface area contributed by atoms with Crippen LogP contribution < -0.4 is 9.44 Å². The molecule has 22 heteroatoms. The van der Waals surface area contributed by atoms with Crippen LogP contribution in [0.4, 0.5) is 0 Å². The van der Waals surface area contributed by atoms with Crippen LogP contribution in [0.2, 0.25) is 0 Å². The Kier molecular flexibility index (Phi) is 33.2. The molecule has 106 heavy (non-hydrogen) atoms. The second kappa shape index (κ2) is 43.0. The van der Waals surface area contributed by atoms with Gasteiger partial charge >= 0.3 is 0 Å². The number of benzene rings is 2. The zero-order valence-electron chi connectivity index (χ0n) is 61.7. The smallest absolute Gasteiger partial charge is 0.211 e. The van der Waals surface area contributed by atoms with Gasteiger partial charge < -0.3 is 0 Å². The van der Waals surface area contributed by atoms with Crippen molar-refractivity contribution in [2.24, 2.45) is 0 Å². The topological polar surface area (TPSA) is 170 Å². The summed E-state index contributed by atoms with van der Waals surface area (Å²) in [6.45, 7) is 11.8. The van der Waals surface area contributed by atoms with E-state index in [2.05, 4.69) is 157 Å². The molecular weight excluding hydrogens is 1510 g/mol. The lowest BCUT2D eigenvalue weighted by atomic mass is 9.98. The van der Waals surface area contributed by atoms with Crippen LogP contribution in [0.25, 0.3) is 92.9 Å². The van der Waals surface area contributed by atoms with Crippen LogP contribution in [-0.4, -0.2) is 68.9 Å². The number of thiophene rings is 4. The number of hydrogen-bond donors (Lipinski definition) is 2. The lowest BCUT2D eigenvalue weighted by molar-refractivity contribution is 0.544. The van der Waals surface area contributed by atoms with E-state index in [1.807, 2.05) is 11.3 Å². The van der Waals surface area contributed by atoms with Gasteiger partial charge in [-0.3, -0.25) is 0 Å². The Hall–Kier alpha value is -6.60. The van der Waals surface area contributed by atoms with Crippen molar-refractivity contribution in [1.82, 2.24) is 36.9 Å². The van der Waals surface area contributed by atoms with Crippen LogP contribution in [0, 0.1) is 97.2 Å². The van der Waals surface area contributed by atoms with E-state index < -0.39 is 20.0 Å². The molecule has 2 aromatic carbocycles. The minimum Gasteiger partial charge on any atom is -0.222 e. The number of terminal acetylenes is 1. The molecule has 10 rings (SSSR count). The van der Waals surface area contributed by atoms with Gasteiger partial charge in [0.1, 0.15) is 32.1 Å². The highest BCUT2D eigenvalue weighted by molar-refractivity contribution is 7.89. The molecule has 554 valence electrons. The molecule has 0 aliphatic rings. The van der Waals surface area contributed by atoms with Gasteiger partial charge in [-0.15, -0.1) is 51.8 Å². The fraction of sp³-hybridized carbons (Fsp3) is 0.476. The molecule has 0 saturated heterocycles. The minimum atomic E-state index is -3.68. The molecule has 8 aromatic heterocycles. The first-order valence-electron chi connectivity index (χ1n) is 37.8. The fourth-order valence-corrected chi connectivity index (χ4v) is 23.2. The van der Waals surface area contributed by atoms with Gasteiger partial charge in [-0.05, 0) is 177 Å². The van der Waals surface area contributed by atoms with Crippen molar-refractivity contribution in [3.63, 3.8) is 0 Å². The van der Waals surface area contributed by atoms with E-state index in [0.717, 1.165) is 184 Å². The summed E-state index contributed by atoms with van der Waals surface area (Å²) in [6, 6.07) is 12.9. The van der Waals surface area contributed by atoms with Crippen molar-refractivity contribution in [2.75, 3.05) is 24.6 Å². The lowest BCUT2D eigenvalue weighted by Crippen LogP contribution is -2.28. The Morgan fingerprint density at radius 2 is 0.792 bits per heavy atom. The van der Waals surface area contributed by atoms with Crippen molar-refractivity contribution in [3.05, 3.63) is 68.4 Å². The number of aromatic nitrogens is 6. The average Bonchev–Trinajstić information content (AvgIpc) is 1.52. The SMILES string of the molecule is C#CC#CC#CC#CC#CC#CC#Cc1cc(-c2sc(-c3cc4c(cc(-c5cc(CCS(=O)(=O)NCCCCCCCCCC)c(C)s5)c5nsnc54)c4nsnc34)cc2CCS(=O)(=O)NCCCCCCCCCC)sc1-c1nc2sc(-c3sc(C)cc3CCCCCCCCCCCCCC)nc2s1. The van der Waals surface area contributed by atoms with Crippen LogP contribution in [0.15, 0.2) is 36.4 Å². The molecular formula is C84H94N8O4S10. The van der Waals surface area contributed by atoms with Crippen molar-refractivity contribution in [1.29, 1.82) is 0 Å². The van der Waals surface area contributed by atoms with E-state index in [4.69, 9.17) is 33.9 Å². The van der Waals surface area contributed by atoms with E-state index in [1.54, 1.807) is 56.7 Å². The molecule has 0 unspecified atom stereocenters. The van der Waals surface area contributed by atoms with Crippen molar-refractivity contribution in [2.45, 2.75) is 234 Å². The second-order valence-electron chi connectivity index (χ2n) is 26.9. The Balaban J connectivity index is 0.954. The molecule has 0 fully saturated rings. The predicted molar refractivity (Wildman–Crippen MR) is 458 cm³/mol. The molecule has 0 radical (unpaired) electrons. The zero-order valence-corrected chi connectivity index (χ0v) is 69.9. The van der Waals surface area contributed by atoms with Crippen LogP contribution in [-0.2, 0) is 39.3 Å². The highest BCUT2D eigenvalue weighted by Crippen LogP contribution is 2.50. The second-order valence-corrected chi connectivity index (χ2v) is 38.4. The van der Waals surface area contributed by atoms with Gasteiger partial charge in [0.05, 0.1) is 44.7 Å². The van der Waals surface area contributed by atoms with E-state index >= 15 is 0 Å². The zero-order chi connectivity index (χ0) is 74.4. The number of aryl methyl sites for hydroxylation is 5. The Bertz CT molecular complexity index is 5250. The molecule has 2 N–H and O–H groups in total. The number of thiazole rings is 2. The molecule has 8 heterocycles. The molecule has 0 amide bonds. The maximum absolute atomic E-state index is 14.1. The number of hydrogen-bond acceptors (Lipinski definition) is 18. The van der Waals surface area contributed by atoms with Crippen LogP contribution in [0.5, 0.6) is 0 Å². The summed E-state index contributed by atoms with van der Waals surface area (Å²) in [7, 11) is -7.15.